The Labute approximate surface area is 60.6 Å². The molecule has 0 fully saturated rings. The van der Waals surface area contributed by atoms with E-state index >= 15 is 0 Å². The molecule has 0 aliphatic heterocycles. The van der Waals surface area contributed by atoms with Gasteiger partial charge in [-0.25, -0.2) is 0 Å². The summed E-state index contributed by atoms with van der Waals surface area (Å²) >= 11 is 1.40. The Kier molecular flexibility index (Phi) is 4.81. The van der Waals surface area contributed by atoms with Crippen LogP contribution >= 0.6 is 11.8 Å². The Bertz CT molecular complexity index is 93.1. The molecular weight excluding hydrogens is 134 g/mol. The molecule has 0 unspecified atom stereocenters. The van der Waals surface area contributed by atoms with Crippen LogP contribution in [0.1, 0.15) is 6.92 Å². The Morgan fingerprint density at radius 1 is 1.56 bits per heavy atom. The minimum atomic E-state index is 0.219. The van der Waals surface area contributed by atoms with E-state index in [1.54, 1.807) is 6.92 Å². The van der Waals surface area contributed by atoms with Gasteiger partial charge in [-0.15, -0.1) is 0 Å². The van der Waals surface area contributed by atoms with Gasteiger partial charge >= 0.3 is 0 Å². The second-order valence-corrected chi connectivity index (χ2v) is 3.57. The first-order valence-electron chi connectivity index (χ1n) is 3.05. The highest BCUT2D eigenvalue weighted by Crippen LogP contribution is 1.96. The summed E-state index contributed by atoms with van der Waals surface area (Å²) in [7, 11) is 4.17. The predicted octanol–water partition coefficient (Wildman–Crippen LogP) is -0.589. The number of quaternary nitrogens is 1. The van der Waals surface area contributed by atoms with Crippen molar-refractivity contribution in [1.29, 1.82) is 0 Å². The minimum absolute atomic E-state index is 0.219. The summed E-state index contributed by atoms with van der Waals surface area (Å²) in [6, 6.07) is 0. The molecule has 0 aromatic carbocycles. The average Bonchev–Trinajstić information content (AvgIpc) is 1.63. The van der Waals surface area contributed by atoms with Crippen LogP contribution in [0.25, 0.3) is 0 Å². The molecule has 0 radical (unpaired) electrons. The fourth-order valence-corrected chi connectivity index (χ4v) is 1.20. The Hall–Kier alpha value is -0.0200. The van der Waals surface area contributed by atoms with Gasteiger partial charge in [-0.3, -0.25) is 4.79 Å². The Morgan fingerprint density at radius 2 is 2.11 bits per heavy atom. The van der Waals surface area contributed by atoms with Gasteiger partial charge in [0.05, 0.1) is 26.4 Å². The van der Waals surface area contributed by atoms with Crippen LogP contribution in [0.3, 0.4) is 0 Å². The van der Waals surface area contributed by atoms with Crippen LogP contribution in [0, 0.1) is 0 Å². The first kappa shape index (κ1) is 8.98. The third-order valence-electron chi connectivity index (χ3n) is 0.907. The van der Waals surface area contributed by atoms with Crippen LogP contribution in [0.2, 0.25) is 0 Å². The number of carbonyl (C=O) groups excluding carboxylic acids is 1. The molecule has 0 spiro atoms. The lowest BCUT2D eigenvalue weighted by Gasteiger charge is -2.03. The summed E-state index contributed by atoms with van der Waals surface area (Å²) in [4.78, 5) is 11.8. The fraction of sp³-hybridized carbons (Fsp3) is 0.833. The molecule has 0 saturated heterocycles. The molecule has 54 valence electrons. The van der Waals surface area contributed by atoms with Gasteiger partial charge in [-0.2, -0.15) is 0 Å². The zero-order valence-corrected chi connectivity index (χ0v) is 7.05. The van der Waals surface area contributed by atoms with Gasteiger partial charge < -0.3 is 4.90 Å². The van der Waals surface area contributed by atoms with Gasteiger partial charge in [0.1, 0.15) is 0 Å². The maximum absolute atomic E-state index is 10.4. The second kappa shape index (κ2) is 4.82. The van der Waals surface area contributed by atoms with Crippen molar-refractivity contribution in [1.82, 2.24) is 0 Å². The first-order chi connectivity index (χ1) is 4.13. The standard InChI is InChI=1S/C6H13NOS/c1-6(8)9-5-4-7(2)3/h4-5H2,1-3H3/p+1. The van der Waals surface area contributed by atoms with Crippen LogP contribution in [0.5, 0.6) is 0 Å². The molecule has 0 rings (SSSR count). The largest absolute Gasteiger partial charge is 0.339 e. The fourth-order valence-electron chi connectivity index (χ4n) is 0.399. The maximum atomic E-state index is 10.4. The summed E-state index contributed by atoms with van der Waals surface area (Å²) in [6.45, 7) is 2.67. The van der Waals surface area contributed by atoms with Gasteiger partial charge in [0.2, 0.25) is 0 Å². The van der Waals surface area contributed by atoms with Gasteiger partial charge in [0.15, 0.2) is 5.12 Å². The van der Waals surface area contributed by atoms with Crippen LogP contribution in [0.15, 0.2) is 0 Å². The molecule has 0 bridgehead atoms. The Morgan fingerprint density at radius 3 is 2.44 bits per heavy atom. The minimum Gasteiger partial charge on any atom is -0.339 e. The van der Waals surface area contributed by atoms with E-state index in [4.69, 9.17) is 0 Å². The van der Waals surface area contributed by atoms with E-state index < -0.39 is 0 Å². The van der Waals surface area contributed by atoms with Crippen molar-refractivity contribution >= 4 is 16.9 Å². The molecule has 0 aliphatic carbocycles. The third kappa shape index (κ3) is 7.98. The van der Waals surface area contributed by atoms with Crippen molar-refractivity contribution in [2.45, 2.75) is 6.92 Å². The van der Waals surface area contributed by atoms with E-state index in [1.807, 2.05) is 0 Å². The normalized spacial score (nSPS) is 10.2. The number of rotatable bonds is 3. The van der Waals surface area contributed by atoms with Crippen molar-refractivity contribution < 1.29 is 9.69 Å². The molecule has 0 heterocycles. The predicted molar refractivity (Wildman–Crippen MR) is 40.8 cm³/mol. The molecule has 9 heavy (non-hydrogen) atoms. The van der Waals surface area contributed by atoms with E-state index in [2.05, 4.69) is 14.1 Å². The lowest BCUT2D eigenvalue weighted by molar-refractivity contribution is -0.855. The highest BCUT2D eigenvalue weighted by molar-refractivity contribution is 8.13. The monoisotopic (exact) mass is 148 g/mol. The topological polar surface area (TPSA) is 21.5 Å². The summed E-state index contributed by atoms with van der Waals surface area (Å²) in [5.74, 6) is 0.942. The van der Waals surface area contributed by atoms with Crippen LogP contribution in [0.4, 0.5) is 0 Å². The molecule has 0 saturated carbocycles. The summed E-state index contributed by atoms with van der Waals surface area (Å²) in [6.07, 6.45) is 0. The lowest BCUT2D eigenvalue weighted by Crippen LogP contribution is -3.06. The Balaban J connectivity index is 3.01. The molecule has 0 aliphatic rings. The molecule has 0 atom stereocenters. The molecule has 0 aromatic rings. The third-order valence-corrected chi connectivity index (χ3v) is 1.72. The summed E-state index contributed by atoms with van der Waals surface area (Å²) in [5, 5.41) is 0.219. The van der Waals surface area contributed by atoms with Crippen molar-refractivity contribution in [3.8, 4) is 0 Å². The number of hydrogen-bond acceptors (Lipinski definition) is 2. The molecule has 1 N–H and O–H groups in total. The molecule has 0 amide bonds. The molecule has 2 nitrogen and oxygen atoms in total. The number of thioether (sulfide) groups is 1. The van der Waals surface area contributed by atoms with Gasteiger partial charge in [-0.05, 0) is 0 Å². The van der Waals surface area contributed by atoms with Crippen LogP contribution < -0.4 is 4.90 Å². The van der Waals surface area contributed by atoms with Crippen molar-refractivity contribution in [3.63, 3.8) is 0 Å². The second-order valence-electron chi connectivity index (χ2n) is 2.30. The van der Waals surface area contributed by atoms with E-state index in [0.29, 0.717) is 0 Å². The van der Waals surface area contributed by atoms with Crippen LogP contribution in [-0.2, 0) is 4.79 Å². The molecule has 0 aromatic heterocycles. The van der Waals surface area contributed by atoms with Crippen LogP contribution in [-0.4, -0.2) is 31.5 Å². The zero-order valence-electron chi connectivity index (χ0n) is 6.23. The maximum Gasteiger partial charge on any atom is 0.186 e. The smallest absolute Gasteiger partial charge is 0.186 e. The SMILES string of the molecule is CC(=O)SCC[NH+](C)C. The van der Waals surface area contributed by atoms with Crippen molar-refractivity contribution in [3.05, 3.63) is 0 Å². The summed E-state index contributed by atoms with van der Waals surface area (Å²) in [5.41, 5.74) is 0. The van der Waals surface area contributed by atoms with Crippen molar-refractivity contribution in [2.75, 3.05) is 26.4 Å². The average molecular weight is 148 g/mol. The quantitative estimate of drug-likeness (QED) is 0.578. The van der Waals surface area contributed by atoms with E-state index in [1.165, 1.54) is 16.7 Å². The number of carbonyl (C=O) groups is 1. The highest BCUT2D eigenvalue weighted by Gasteiger charge is 1.95. The van der Waals surface area contributed by atoms with E-state index in [9.17, 15) is 4.79 Å². The zero-order chi connectivity index (χ0) is 7.28. The lowest BCUT2D eigenvalue weighted by atomic mass is 10.7. The van der Waals surface area contributed by atoms with Gasteiger partial charge in [0, 0.05) is 6.92 Å². The van der Waals surface area contributed by atoms with Gasteiger partial charge in [0.25, 0.3) is 0 Å². The highest BCUT2D eigenvalue weighted by atomic mass is 32.2. The number of nitrogens with one attached hydrogen (secondary N) is 1. The first-order valence-corrected chi connectivity index (χ1v) is 4.04. The van der Waals surface area contributed by atoms with E-state index in [-0.39, 0.29) is 5.12 Å². The summed E-state index contributed by atoms with van der Waals surface area (Å²) < 4.78 is 0. The van der Waals surface area contributed by atoms with Crippen molar-refractivity contribution in [2.24, 2.45) is 0 Å². The van der Waals surface area contributed by atoms with Gasteiger partial charge in [-0.1, -0.05) is 11.8 Å². The molecular formula is C6H14NOS+. The molecule has 3 heteroatoms. The number of hydrogen-bond donors (Lipinski definition) is 1. The van der Waals surface area contributed by atoms with E-state index in [0.717, 1.165) is 12.3 Å².